The van der Waals surface area contributed by atoms with E-state index in [1.165, 1.54) is 19.3 Å². The molecule has 4 nitrogen and oxygen atoms in total. The first-order valence-corrected chi connectivity index (χ1v) is 11.4. The van der Waals surface area contributed by atoms with Gasteiger partial charge >= 0.3 is 5.97 Å². The number of aliphatic hydroxyl groups is 2. The number of aliphatic hydroxyl groups excluding tert-OH is 2. The fourth-order valence-electron chi connectivity index (χ4n) is 8.27. The number of carbonyl (C=O) groups is 1. The minimum atomic E-state index is -0.715. The van der Waals surface area contributed by atoms with Crippen LogP contribution >= 0.6 is 0 Å². The smallest absolute Gasteiger partial charge is 0.303 e. The van der Waals surface area contributed by atoms with Crippen molar-refractivity contribution >= 4 is 5.97 Å². The Morgan fingerprint density at radius 3 is 2.57 bits per heavy atom. The van der Waals surface area contributed by atoms with Crippen LogP contribution in [0.5, 0.6) is 0 Å². The molecule has 3 saturated carbocycles. The third kappa shape index (κ3) is 2.98. The van der Waals surface area contributed by atoms with Crippen molar-refractivity contribution in [3.05, 3.63) is 12.2 Å². The van der Waals surface area contributed by atoms with E-state index in [0.29, 0.717) is 41.9 Å². The molecule has 0 amide bonds. The third-order valence-corrected chi connectivity index (χ3v) is 9.85. The van der Waals surface area contributed by atoms with Crippen LogP contribution in [0.2, 0.25) is 0 Å². The van der Waals surface area contributed by atoms with E-state index in [-0.39, 0.29) is 29.5 Å². The standard InChI is InChI=1S/C24H38O4/c1-14(4-9-22(27)28)18-7-8-19-17-6-5-15-12-16(25)10-11-23(15,2)20(17)13-21(26)24(18,19)3/h10-11,14-21,25-26H,4-9,12-13H2,1-3H3,(H,27,28)/t14-,15-,16-,17+,18-,19+,20+,21+,23+,24-/m1/s1. The van der Waals surface area contributed by atoms with Crippen LogP contribution in [0.15, 0.2) is 12.2 Å². The average Bonchev–Trinajstić information content (AvgIpc) is 3.00. The number of allylic oxidation sites excluding steroid dienone is 1. The predicted octanol–water partition coefficient (Wildman–Crippen LogP) is 4.25. The Bertz CT molecular complexity index is 645. The molecule has 3 fully saturated rings. The summed E-state index contributed by atoms with van der Waals surface area (Å²) < 4.78 is 0. The summed E-state index contributed by atoms with van der Waals surface area (Å²) in [4.78, 5) is 11.1. The molecule has 0 aromatic heterocycles. The molecule has 10 atom stereocenters. The summed E-state index contributed by atoms with van der Waals surface area (Å²) in [6, 6.07) is 0. The summed E-state index contributed by atoms with van der Waals surface area (Å²) >= 11 is 0. The van der Waals surface area contributed by atoms with Crippen molar-refractivity contribution in [3.63, 3.8) is 0 Å². The van der Waals surface area contributed by atoms with E-state index in [4.69, 9.17) is 5.11 Å². The van der Waals surface area contributed by atoms with Gasteiger partial charge in [0.05, 0.1) is 12.2 Å². The Morgan fingerprint density at radius 2 is 1.86 bits per heavy atom. The van der Waals surface area contributed by atoms with E-state index >= 15 is 0 Å². The minimum absolute atomic E-state index is 0.0832. The second-order valence-electron chi connectivity index (χ2n) is 10.9. The lowest BCUT2D eigenvalue weighted by atomic mass is 9.44. The summed E-state index contributed by atoms with van der Waals surface area (Å²) in [5.74, 6) is 2.25. The lowest BCUT2D eigenvalue weighted by Gasteiger charge is -2.61. The van der Waals surface area contributed by atoms with Gasteiger partial charge in [-0.2, -0.15) is 0 Å². The van der Waals surface area contributed by atoms with Gasteiger partial charge in [-0.05, 0) is 91.3 Å². The molecule has 28 heavy (non-hydrogen) atoms. The molecule has 4 rings (SSSR count). The number of hydrogen-bond donors (Lipinski definition) is 3. The summed E-state index contributed by atoms with van der Waals surface area (Å²) in [5, 5.41) is 30.6. The number of aliphatic carboxylic acids is 1. The van der Waals surface area contributed by atoms with Crippen LogP contribution in [0.4, 0.5) is 0 Å². The maximum absolute atomic E-state index is 11.4. The first-order valence-electron chi connectivity index (χ1n) is 11.4. The molecule has 4 heteroatoms. The molecule has 4 aliphatic rings. The molecule has 0 aromatic rings. The normalized spacial score (nSPS) is 51.1. The van der Waals surface area contributed by atoms with Crippen molar-refractivity contribution in [2.45, 2.75) is 84.3 Å². The summed E-state index contributed by atoms with van der Waals surface area (Å²) in [6.07, 6.45) is 11.0. The van der Waals surface area contributed by atoms with Gasteiger partial charge in [0.1, 0.15) is 0 Å². The summed E-state index contributed by atoms with van der Waals surface area (Å²) in [6.45, 7) is 6.88. The van der Waals surface area contributed by atoms with E-state index in [1.807, 2.05) is 6.08 Å². The van der Waals surface area contributed by atoms with Crippen molar-refractivity contribution in [2.24, 2.45) is 46.3 Å². The first-order chi connectivity index (χ1) is 13.2. The second-order valence-corrected chi connectivity index (χ2v) is 10.9. The van der Waals surface area contributed by atoms with Gasteiger partial charge in [0.2, 0.25) is 0 Å². The molecular weight excluding hydrogens is 352 g/mol. The van der Waals surface area contributed by atoms with Gasteiger partial charge in [-0.15, -0.1) is 0 Å². The molecule has 3 N–H and O–H groups in total. The zero-order chi connectivity index (χ0) is 20.3. The van der Waals surface area contributed by atoms with Crippen LogP contribution < -0.4 is 0 Å². The molecule has 0 aliphatic heterocycles. The SMILES string of the molecule is C[C@H](CCC(=O)O)[C@H]1CC[C@H]2[C@@H]3CC[C@@H]4C[C@H](O)C=C[C@]4(C)[C@H]3C[C@H](O)[C@]12C. The van der Waals surface area contributed by atoms with Gasteiger partial charge < -0.3 is 15.3 Å². The molecule has 4 aliphatic carbocycles. The summed E-state index contributed by atoms with van der Waals surface area (Å²) in [5.41, 5.74) is 0.0116. The molecule has 0 spiro atoms. The Hall–Kier alpha value is -0.870. The Labute approximate surface area is 169 Å². The molecule has 0 bridgehead atoms. The van der Waals surface area contributed by atoms with Crippen LogP contribution in [0.25, 0.3) is 0 Å². The second kappa shape index (κ2) is 7.12. The van der Waals surface area contributed by atoms with E-state index < -0.39 is 5.97 Å². The number of fused-ring (bicyclic) bond motifs is 5. The summed E-state index contributed by atoms with van der Waals surface area (Å²) in [7, 11) is 0. The molecule has 158 valence electrons. The van der Waals surface area contributed by atoms with Crippen molar-refractivity contribution in [1.82, 2.24) is 0 Å². The number of rotatable bonds is 4. The number of carboxylic acid groups (broad SMARTS) is 1. The van der Waals surface area contributed by atoms with Crippen molar-refractivity contribution in [2.75, 3.05) is 0 Å². The van der Waals surface area contributed by atoms with Gasteiger partial charge in [0.15, 0.2) is 0 Å². The van der Waals surface area contributed by atoms with Gasteiger partial charge in [-0.1, -0.05) is 32.9 Å². The highest BCUT2D eigenvalue weighted by Gasteiger charge is 2.63. The van der Waals surface area contributed by atoms with Gasteiger partial charge in [-0.25, -0.2) is 0 Å². The zero-order valence-corrected chi connectivity index (χ0v) is 17.7. The molecule has 0 radical (unpaired) electrons. The van der Waals surface area contributed by atoms with E-state index in [1.54, 1.807) is 0 Å². The molecule has 0 saturated heterocycles. The van der Waals surface area contributed by atoms with Crippen molar-refractivity contribution in [3.8, 4) is 0 Å². The van der Waals surface area contributed by atoms with Crippen LogP contribution in [-0.4, -0.2) is 33.5 Å². The van der Waals surface area contributed by atoms with Gasteiger partial charge in [-0.3, -0.25) is 4.79 Å². The molecule has 0 unspecified atom stereocenters. The van der Waals surface area contributed by atoms with E-state index in [9.17, 15) is 15.0 Å². The van der Waals surface area contributed by atoms with Crippen molar-refractivity contribution in [1.29, 1.82) is 0 Å². The molecular formula is C24H38O4. The van der Waals surface area contributed by atoms with Crippen LogP contribution in [0.3, 0.4) is 0 Å². The fraction of sp³-hybridized carbons (Fsp3) is 0.875. The lowest BCUT2D eigenvalue weighted by molar-refractivity contribution is -0.155. The van der Waals surface area contributed by atoms with Crippen LogP contribution in [-0.2, 0) is 4.79 Å². The molecule has 0 aromatic carbocycles. The maximum Gasteiger partial charge on any atom is 0.303 e. The highest BCUT2D eigenvalue weighted by molar-refractivity contribution is 5.66. The Morgan fingerprint density at radius 1 is 1.11 bits per heavy atom. The maximum atomic E-state index is 11.4. The number of hydrogen-bond acceptors (Lipinski definition) is 3. The Balaban J connectivity index is 1.59. The van der Waals surface area contributed by atoms with Gasteiger partial charge in [0, 0.05) is 6.42 Å². The highest BCUT2D eigenvalue weighted by atomic mass is 16.4. The largest absolute Gasteiger partial charge is 0.481 e. The zero-order valence-electron chi connectivity index (χ0n) is 17.7. The predicted molar refractivity (Wildman–Crippen MR) is 109 cm³/mol. The highest BCUT2D eigenvalue weighted by Crippen LogP contribution is 2.67. The monoisotopic (exact) mass is 390 g/mol. The molecule has 0 heterocycles. The number of carboxylic acids is 1. The minimum Gasteiger partial charge on any atom is -0.481 e. The van der Waals surface area contributed by atoms with Crippen LogP contribution in [0.1, 0.15) is 72.1 Å². The first kappa shape index (κ1) is 20.4. The Kier molecular flexibility index (Phi) is 5.19. The average molecular weight is 391 g/mol. The lowest BCUT2D eigenvalue weighted by Crippen LogP contribution is -2.58. The van der Waals surface area contributed by atoms with Crippen molar-refractivity contribution < 1.29 is 20.1 Å². The topological polar surface area (TPSA) is 77.8 Å². The van der Waals surface area contributed by atoms with Gasteiger partial charge in [0.25, 0.3) is 0 Å². The quantitative estimate of drug-likeness (QED) is 0.627. The van der Waals surface area contributed by atoms with E-state index in [2.05, 4.69) is 26.8 Å². The van der Waals surface area contributed by atoms with E-state index in [0.717, 1.165) is 19.3 Å². The fourth-order valence-corrected chi connectivity index (χ4v) is 8.27. The third-order valence-electron chi connectivity index (χ3n) is 9.85. The van der Waals surface area contributed by atoms with Crippen LogP contribution in [0, 0.1) is 46.3 Å².